The summed E-state index contributed by atoms with van der Waals surface area (Å²) in [6.07, 6.45) is 13.1. The Hall–Kier alpha value is -1.14. The van der Waals surface area contributed by atoms with Gasteiger partial charge in [-0.1, -0.05) is 20.8 Å². The summed E-state index contributed by atoms with van der Waals surface area (Å²) >= 11 is 0. The van der Waals surface area contributed by atoms with E-state index in [0.29, 0.717) is 18.0 Å². The van der Waals surface area contributed by atoms with E-state index in [2.05, 4.69) is 18.7 Å². The van der Waals surface area contributed by atoms with E-state index in [4.69, 9.17) is 0 Å². The molecule has 5 fully saturated rings. The van der Waals surface area contributed by atoms with Gasteiger partial charge in [0.25, 0.3) is 0 Å². The van der Waals surface area contributed by atoms with Crippen molar-refractivity contribution in [3.8, 4) is 0 Å². The molecule has 8 atom stereocenters. The molecule has 0 aromatic heterocycles. The summed E-state index contributed by atoms with van der Waals surface area (Å²) < 4.78 is 0. The van der Waals surface area contributed by atoms with E-state index >= 15 is 0 Å². The van der Waals surface area contributed by atoms with E-state index in [-0.39, 0.29) is 24.0 Å². The van der Waals surface area contributed by atoms with Crippen LogP contribution in [0.2, 0.25) is 0 Å². The number of hydrogen-bond donors (Lipinski definition) is 1. The van der Waals surface area contributed by atoms with Gasteiger partial charge in [-0.15, -0.1) is 0 Å². The minimum Gasteiger partial charge on any atom is -0.393 e. The normalized spacial score (nSPS) is 43.7. The van der Waals surface area contributed by atoms with Crippen LogP contribution in [0.25, 0.3) is 0 Å². The minimum absolute atomic E-state index is 0.0855. The highest BCUT2D eigenvalue weighted by atomic mass is 16.3. The molecule has 5 aliphatic rings. The van der Waals surface area contributed by atoms with Crippen molar-refractivity contribution in [3.63, 3.8) is 0 Å². The summed E-state index contributed by atoms with van der Waals surface area (Å²) in [5.74, 6) is 3.32. The first-order valence-electron chi connectivity index (χ1n) is 14.7. The van der Waals surface area contributed by atoms with E-state index in [0.717, 1.165) is 69.1 Å². The van der Waals surface area contributed by atoms with Crippen LogP contribution in [0.5, 0.6) is 0 Å². The number of rotatable bonds is 6. The Labute approximate surface area is 212 Å². The maximum Gasteiger partial charge on any atom is 0.242 e. The second kappa shape index (κ2) is 9.96. The van der Waals surface area contributed by atoms with Crippen LogP contribution < -0.4 is 0 Å². The zero-order valence-electron chi connectivity index (χ0n) is 22.5. The second-order valence-electron chi connectivity index (χ2n) is 13.2. The minimum atomic E-state index is -0.0855. The zero-order chi connectivity index (χ0) is 24.8. The van der Waals surface area contributed by atoms with Crippen LogP contribution in [0.3, 0.4) is 0 Å². The molecule has 1 N–H and O–H groups in total. The summed E-state index contributed by atoms with van der Waals surface area (Å²) in [6.45, 7) is 11.4. The highest BCUT2D eigenvalue weighted by molar-refractivity contribution is 5.80. The molecule has 5 rings (SSSR count). The van der Waals surface area contributed by atoms with Gasteiger partial charge in [-0.25, -0.2) is 0 Å². The summed E-state index contributed by atoms with van der Waals surface area (Å²) in [5.41, 5.74) is 0.593. The lowest BCUT2D eigenvalue weighted by Crippen LogP contribution is -2.59. The van der Waals surface area contributed by atoms with Gasteiger partial charge in [0.15, 0.2) is 0 Å². The molecule has 4 aliphatic carbocycles. The lowest BCUT2D eigenvalue weighted by Gasteiger charge is -2.62. The molecule has 1 saturated heterocycles. The van der Waals surface area contributed by atoms with Crippen LogP contribution in [0.15, 0.2) is 0 Å². The molecule has 8 unspecified atom stereocenters. The van der Waals surface area contributed by atoms with Crippen molar-refractivity contribution in [1.29, 1.82) is 0 Å². The van der Waals surface area contributed by atoms with Gasteiger partial charge in [0.2, 0.25) is 12.3 Å². The topological polar surface area (TPSA) is 64.1 Å². The fraction of sp³-hybridized carbons (Fsp3) is 0.931. The van der Waals surface area contributed by atoms with Crippen molar-refractivity contribution in [2.75, 3.05) is 39.3 Å². The van der Waals surface area contributed by atoms with E-state index in [1.54, 1.807) is 4.90 Å². The molecule has 0 bridgehead atoms. The number of hydrogen-bond acceptors (Lipinski definition) is 4. The quantitative estimate of drug-likeness (QED) is 0.580. The lowest BCUT2D eigenvalue weighted by atomic mass is 9.45. The molecule has 1 heterocycles. The van der Waals surface area contributed by atoms with Crippen LogP contribution in [-0.2, 0) is 9.59 Å². The van der Waals surface area contributed by atoms with Crippen molar-refractivity contribution >= 4 is 12.3 Å². The molecular weight excluding hydrogens is 438 g/mol. The van der Waals surface area contributed by atoms with Crippen LogP contribution in [-0.4, -0.2) is 83.5 Å². The number of piperazine rings is 1. The van der Waals surface area contributed by atoms with Gasteiger partial charge in [-0.2, -0.15) is 0 Å². The molecule has 35 heavy (non-hydrogen) atoms. The average molecular weight is 488 g/mol. The SMILES string of the molecule is CCCN(C=O)CC(=O)N1CCN(C2CCC3CCC4C5CCC(O)C5(C)CCC4C3(C)C2)CC1. The fourth-order valence-electron chi connectivity index (χ4n) is 9.68. The van der Waals surface area contributed by atoms with E-state index < -0.39 is 0 Å². The molecule has 0 spiro atoms. The molecule has 2 amide bonds. The lowest BCUT2D eigenvalue weighted by molar-refractivity contribution is -0.141. The molecule has 6 nitrogen and oxygen atoms in total. The Morgan fingerprint density at radius 3 is 2.40 bits per heavy atom. The van der Waals surface area contributed by atoms with Crippen LogP contribution in [0.1, 0.15) is 85.0 Å². The summed E-state index contributed by atoms with van der Waals surface area (Å²) in [6, 6.07) is 0.640. The zero-order valence-corrected chi connectivity index (χ0v) is 22.5. The number of fused-ring (bicyclic) bond motifs is 5. The fourth-order valence-corrected chi connectivity index (χ4v) is 9.68. The van der Waals surface area contributed by atoms with Crippen LogP contribution >= 0.6 is 0 Å². The van der Waals surface area contributed by atoms with Gasteiger partial charge in [-0.05, 0) is 98.7 Å². The van der Waals surface area contributed by atoms with Crippen molar-refractivity contribution in [2.45, 2.75) is 97.1 Å². The molecule has 0 aromatic rings. The first-order chi connectivity index (χ1) is 16.8. The van der Waals surface area contributed by atoms with Crippen LogP contribution in [0, 0.1) is 34.5 Å². The van der Waals surface area contributed by atoms with Gasteiger partial charge in [0.1, 0.15) is 0 Å². The Balaban J connectivity index is 1.20. The summed E-state index contributed by atoms with van der Waals surface area (Å²) in [7, 11) is 0. The van der Waals surface area contributed by atoms with Crippen molar-refractivity contribution in [3.05, 3.63) is 0 Å². The Bertz CT molecular complexity index is 783. The van der Waals surface area contributed by atoms with Gasteiger partial charge in [-0.3, -0.25) is 14.5 Å². The Kier molecular flexibility index (Phi) is 7.26. The predicted molar refractivity (Wildman–Crippen MR) is 138 cm³/mol. The smallest absolute Gasteiger partial charge is 0.242 e. The van der Waals surface area contributed by atoms with Gasteiger partial charge in [0.05, 0.1) is 12.6 Å². The third-order valence-corrected chi connectivity index (χ3v) is 11.7. The number of aliphatic hydroxyl groups excluding tert-OH is 1. The number of carbonyl (C=O) groups is 2. The second-order valence-corrected chi connectivity index (χ2v) is 13.2. The van der Waals surface area contributed by atoms with Crippen molar-refractivity contribution in [1.82, 2.24) is 14.7 Å². The van der Waals surface area contributed by atoms with Gasteiger partial charge >= 0.3 is 0 Å². The van der Waals surface area contributed by atoms with E-state index in [1.165, 1.54) is 51.4 Å². The molecule has 6 heteroatoms. The molecular formula is C29H49N3O3. The molecule has 0 radical (unpaired) electrons. The molecule has 0 aromatic carbocycles. The standard InChI is InChI=1S/C29H49N3O3/c1-4-13-30(20-33)19-27(35)32-16-14-31(15-17-32)22-7-5-21-6-8-23-24-9-10-26(34)28(24,2)12-11-25(23)29(21,3)18-22/h20-26,34H,4-19H2,1-3H3. The van der Waals surface area contributed by atoms with Gasteiger partial charge in [0, 0.05) is 38.8 Å². The molecule has 1 aliphatic heterocycles. The maximum atomic E-state index is 12.8. The Morgan fingerprint density at radius 1 is 0.971 bits per heavy atom. The summed E-state index contributed by atoms with van der Waals surface area (Å²) in [4.78, 5) is 30.3. The molecule has 4 saturated carbocycles. The third kappa shape index (κ3) is 4.45. The summed E-state index contributed by atoms with van der Waals surface area (Å²) in [5, 5.41) is 10.8. The highest BCUT2D eigenvalue weighted by Crippen LogP contribution is 2.66. The Morgan fingerprint density at radius 2 is 1.69 bits per heavy atom. The number of aliphatic hydroxyl groups is 1. The van der Waals surface area contributed by atoms with E-state index in [1.807, 2.05) is 11.8 Å². The number of nitrogens with zero attached hydrogens (tertiary/aromatic N) is 3. The third-order valence-electron chi connectivity index (χ3n) is 11.7. The predicted octanol–water partition coefficient (Wildman–Crippen LogP) is 3.77. The van der Waals surface area contributed by atoms with Crippen molar-refractivity contribution < 1.29 is 14.7 Å². The monoisotopic (exact) mass is 487 g/mol. The highest BCUT2D eigenvalue weighted by Gasteiger charge is 2.60. The van der Waals surface area contributed by atoms with Crippen LogP contribution in [0.4, 0.5) is 0 Å². The van der Waals surface area contributed by atoms with Gasteiger partial charge < -0.3 is 14.9 Å². The largest absolute Gasteiger partial charge is 0.393 e. The first-order valence-corrected chi connectivity index (χ1v) is 14.7. The number of carbonyl (C=O) groups excluding carboxylic acids is 2. The maximum absolute atomic E-state index is 12.8. The van der Waals surface area contributed by atoms with Crippen molar-refractivity contribution in [2.24, 2.45) is 34.5 Å². The number of amides is 2. The first kappa shape index (κ1) is 25.5. The van der Waals surface area contributed by atoms with E-state index in [9.17, 15) is 14.7 Å². The molecule has 198 valence electrons. The average Bonchev–Trinajstić information content (AvgIpc) is 3.17.